The molecule has 0 spiro atoms. The van der Waals surface area contributed by atoms with Crippen LogP contribution in [0.25, 0.3) is 0 Å². The number of rotatable bonds is 8. The fourth-order valence-corrected chi connectivity index (χ4v) is 5.08. The highest BCUT2D eigenvalue weighted by molar-refractivity contribution is 7.98. The average molecular weight is 553 g/mol. The molecular weight excluding hydrogens is 516 g/mol. The van der Waals surface area contributed by atoms with E-state index in [0.29, 0.717) is 61.5 Å². The largest absolute Gasteiger partial charge is 0.481 e. The number of piperazine rings is 1. The Balaban J connectivity index is 1.60. The van der Waals surface area contributed by atoms with Crippen LogP contribution in [0.3, 0.4) is 0 Å². The molecule has 1 fully saturated rings. The van der Waals surface area contributed by atoms with Gasteiger partial charge in [0.25, 0.3) is 0 Å². The predicted octanol–water partition coefficient (Wildman–Crippen LogP) is 3.13. The third-order valence-electron chi connectivity index (χ3n) is 7.18. The van der Waals surface area contributed by atoms with Gasteiger partial charge in [-0.3, -0.25) is 19.9 Å². The lowest BCUT2D eigenvalue weighted by atomic mass is 9.78. The Hall–Kier alpha value is -3.56. The third kappa shape index (κ3) is 6.37. The van der Waals surface area contributed by atoms with Crippen LogP contribution < -0.4 is 20.3 Å². The molecule has 4 rings (SSSR count). The summed E-state index contributed by atoms with van der Waals surface area (Å²) in [6.07, 6.45) is 4.20. The Morgan fingerprint density at radius 1 is 1.28 bits per heavy atom. The van der Waals surface area contributed by atoms with Crippen LogP contribution in [0.1, 0.15) is 37.0 Å². The highest BCUT2D eigenvalue weighted by Gasteiger charge is 2.37. The van der Waals surface area contributed by atoms with Crippen molar-refractivity contribution >= 4 is 41.0 Å². The zero-order valence-electron chi connectivity index (χ0n) is 23.2. The minimum atomic E-state index is -0.365. The molecule has 12 heteroatoms. The Labute approximate surface area is 233 Å². The summed E-state index contributed by atoms with van der Waals surface area (Å²) >= 11 is 1.70. The van der Waals surface area contributed by atoms with Crippen molar-refractivity contribution in [1.82, 2.24) is 19.8 Å². The number of anilines is 3. The average Bonchev–Trinajstić information content (AvgIpc) is 2.90. The van der Waals surface area contributed by atoms with Gasteiger partial charge in [-0.15, -0.1) is 0 Å². The SMILES string of the molecule is COc1nc2c(cc1CN1CCN(C)CC1=O)C(C)(C)CCN2C(=O)Nc1cc(NCCSC)c(C#N)cn1. The van der Waals surface area contributed by atoms with Crippen LogP contribution in [0.5, 0.6) is 5.88 Å². The molecule has 39 heavy (non-hydrogen) atoms. The van der Waals surface area contributed by atoms with E-state index in [1.165, 1.54) is 6.20 Å². The normalized spacial score (nSPS) is 16.9. The number of fused-ring (bicyclic) bond motifs is 1. The number of ether oxygens (including phenoxy) is 1. The van der Waals surface area contributed by atoms with E-state index in [4.69, 9.17) is 9.72 Å². The molecule has 0 bridgehead atoms. The molecule has 2 N–H and O–H groups in total. The van der Waals surface area contributed by atoms with Crippen LogP contribution in [0, 0.1) is 11.3 Å². The summed E-state index contributed by atoms with van der Waals surface area (Å²) in [4.78, 5) is 40.6. The summed E-state index contributed by atoms with van der Waals surface area (Å²) in [5, 5.41) is 15.5. The molecular formula is C27H36N8O3S. The van der Waals surface area contributed by atoms with E-state index in [9.17, 15) is 14.9 Å². The molecule has 2 aromatic heterocycles. The van der Waals surface area contributed by atoms with Crippen molar-refractivity contribution in [3.63, 3.8) is 0 Å². The number of likely N-dealkylation sites (N-methyl/N-ethyl adjacent to an activating group) is 1. The Bertz CT molecular complexity index is 1280. The van der Waals surface area contributed by atoms with Crippen LogP contribution in [-0.4, -0.2) is 90.6 Å². The van der Waals surface area contributed by atoms with Crippen LogP contribution in [-0.2, 0) is 16.8 Å². The summed E-state index contributed by atoms with van der Waals surface area (Å²) in [6.45, 7) is 7.66. The highest BCUT2D eigenvalue weighted by atomic mass is 32.2. The number of methoxy groups -OCH3 is 1. The van der Waals surface area contributed by atoms with Crippen molar-refractivity contribution in [1.29, 1.82) is 5.26 Å². The smallest absolute Gasteiger partial charge is 0.328 e. The first-order chi connectivity index (χ1) is 18.7. The van der Waals surface area contributed by atoms with Gasteiger partial charge in [-0.25, -0.2) is 9.78 Å². The lowest BCUT2D eigenvalue weighted by Gasteiger charge is -2.39. The summed E-state index contributed by atoms with van der Waals surface area (Å²) in [6, 6.07) is 5.47. The highest BCUT2D eigenvalue weighted by Crippen LogP contribution is 2.41. The lowest BCUT2D eigenvalue weighted by Crippen LogP contribution is -2.48. The third-order valence-corrected chi connectivity index (χ3v) is 7.79. The van der Waals surface area contributed by atoms with Gasteiger partial charge >= 0.3 is 6.03 Å². The van der Waals surface area contributed by atoms with Crippen molar-refractivity contribution in [3.05, 3.63) is 35.0 Å². The molecule has 2 aliphatic heterocycles. The molecule has 0 saturated carbocycles. The Kier molecular flexibility index (Phi) is 8.82. The second kappa shape index (κ2) is 12.1. The molecule has 1 saturated heterocycles. The van der Waals surface area contributed by atoms with Crippen molar-refractivity contribution in [3.8, 4) is 11.9 Å². The Morgan fingerprint density at radius 2 is 2.08 bits per heavy atom. The fourth-order valence-electron chi connectivity index (χ4n) is 4.77. The van der Waals surface area contributed by atoms with Crippen LogP contribution in [0.15, 0.2) is 18.3 Å². The number of hydrogen-bond donors (Lipinski definition) is 2. The van der Waals surface area contributed by atoms with E-state index in [0.717, 1.165) is 29.8 Å². The monoisotopic (exact) mass is 552 g/mol. The number of nitrogens with zero attached hydrogens (tertiary/aromatic N) is 6. The molecule has 2 aliphatic rings. The van der Waals surface area contributed by atoms with Crippen molar-refractivity contribution < 1.29 is 14.3 Å². The van der Waals surface area contributed by atoms with Crippen LogP contribution in [0.2, 0.25) is 0 Å². The molecule has 0 unspecified atom stereocenters. The minimum Gasteiger partial charge on any atom is -0.481 e. The number of nitrogens with one attached hydrogen (secondary N) is 2. The molecule has 0 aromatic carbocycles. The van der Waals surface area contributed by atoms with Crippen molar-refractivity contribution in [2.24, 2.45) is 0 Å². The van der Waals surface area contributed by atoms with Crippen LogP contribution >= 0.6 is 11.8 Å². The van der Waals surface area contributed by atoms with Crippen LogP contribution in [0.4, 0.5) is 22.1 Å². The number of aromatic nitrogens is 2. The maximum Gasteiger partial charge on any atom is 0.328 e. The molecule has 2 aromatic rings. The van der Waals surface area contributed by atoms with Gasteiger partial charge in [0.2, 0.25) is 11.8 Å². The van der Waals surface area contributed by atoms with Gasteiger partial charge in [-0.2, -0.15) is 22.0 Å². The number of thioether (sulfide) groups is 1. The predicted molar refractivity (Wildman–Crippen MR) is 154 cm³/mol. The number of nitriles is 1. The summed E-state index contributed by atoms with van der Waals surface area (Å²) < 4.78 is 5.64. The van der Waals surface area contributed by atoms with E-state index in [1.807, 2.05) is 29.2 Å². The second-order valence-electron chi connectivity index (χ2n) is 10.4. The zero-order chi connectivity index (χ0) is 28.2. The van der Waals surface area contributed by atoms with Crippen molar-refractivity contribution in [2.75, 3.05) is 74.4 Å². The topological polar surface area (TPSA) is 127 Å². The molecule has 4 heterocycles. The van der Waals surface area contributed by atoms with E-state index in [2.05, 4.69) is 35.5 Å². The zero-order valence-corrected chi connectivity index (χ0v) is 24.0. The van der Waals surface area contributed by atoms with Gasteiger partial charge in [0.15, 0.2) is 0 Å². The molecule has 208 valence electrons. The summed E-state index contributed by atoms with van der Waals surface area (Å²) in [7, 11) is 3.49. The number of hydrogen-bond acceptors (Lipinski definition) is 9. The first-order valence-corrected chi connectivity index (χ1v) is 14.3. The number of pyridine rings is 2. The summed E-state index contributed by atoms with van der Waals surface area (Å²) in [5.41, 5.74) is 2.55. The lowest BCUT2D eigenvalue weighted by molar-refractivity contribution is -0.136. The van der Waals surface area contributed by atoms with Crippen molar-refractivity contribution in [2.45, 2.75) is 32.2 Å². The number of amides is 3. The van der Waals surface area contributed by atoms with E-state index >= 15 is 0 Å². The number of carbonyl (C=O) groups excluding carboxylic acids is 2. The number of carbonyl (C=O) groups is 2. The van der Waals surface area contributed by atoms with Gasteiger partial charge in [-0.1, -0.05) is 13.8 Å². The maximum atomic E-state index is 13.5. The van der Waals surface area contributed by atoms with Gasteiger partial charge in [0.05, 0.1) is 31.5 Å². The van der Waals surface area contributed by atoms with E-state index < -0.39 is 0 Å². The van der Waals surface area contributed by atoms with E-state index in [1.54, 1.807) is 29.8 Å². The van der Waals surface area contributed by atoms with Gasteiger partial charge in [0, 0.05) is 55.3 Å². The molecule has 0 radical (unpaired) electrons. The first-order valence-electron chi connectivity index (χ1n) is 12.9. The number of urea groups is 1. The van der Waals surface area contributed by atoms with Gasteiger partial charge in [-0.05, 0) is 31.2 Å². The van der Waals surface area contributed by atoms with Gasteiger partial charge < -0.3 is 15.0 Å². The second-order valence-corrected chi connectivity index (χ2v) is 11.4. The summed E-state index contributed by atoms with van der Waals surface area (Å²) in [5.74, 6) is 2.22. The molecule has 0 aliphatic carbocycles. The van der Waals surface area contributed by atoms with E-state index in [-0.39, 0.29) is 17.4 Å². The minimum absolute atomic E-state index is 0.0704. The molecule has 11 nitrogen and oxygen atoms in total. The maximum absolute atomic E-state index is 13.5. The van der Waals surface area contributed by atoms with Gasteiger partial charge in [0.1, 0.15) is 17.7 Å². The standard InChI is InChI=1S/C27H36N8O3S/c1-27(2)6-8-35(26(37)31-22-13-21(29-7-11-39-5)19(14-28)15-30-22)24-20(27)12-18(25(32-24)38-4)16-34-10-9-33(3)17-23(34)36/h12-13,15H,6-11,16-17H2,1-5H3,(H2,29,30,31,37). The molecule has 3 amide bonds. The Morgan fingerprint density at radius 3 is 2.77 bits per heavy atom. The molecule has 0 atom stereocenters. The fraction of sp³-hybridized carbons (Fsp3) is 0.519. The quantitative estimate of drug-likeness (QED) is 0.475. The first kappa shape index (κ1) is 28.4.